The zero-order chi connectivity index (χ0) is 55.0. The van der Waals surface area contributed by atoms with Gasteiger partial charge in [0.15, 0.2) is 6.10 Å². The van der Waals surface area contributed by atoms with E-state index in [9.17, 15) is 14.4 Å². The van der Waals surface area contributed by atoms with E-state index in [1.807, 2.05) is 0 Å². The third kappa shape index (κ3) is 60.7. The predicted molar refractivity (Wildman–Crippen MR) is 330 cm³/mol. The molecule has 0 heterocycles. The summed E-state index contributed by atoms with van der Waals surface area (Å²) in [6.07, 6.45) is 87.8. The summed E-state index contributed by atoms with van der Waals surface area (Å²) in [6, 6.07) is 0. The van der Waals surface area contributed by atoms with E-state index >= 15 is 0 Å². The van der Waals surface area contributed by atoms with E-state index in [0.717, 1.165) is 135 Å². The van der Waals surface area contributed by atoms with Crippen molar-refractivity contribution >= 4 is 17.9 Å². The highest BCUT2D eigenvalue weighted by molar-refractivity contribution is 5.71. The lowest BCUT2D eigenvalue weighted by Crippen LogP contribution is -2.30. The Labute approximate surface area is 469 Å². The topological polar surface area (TPSA) is 78.9 Å². The SMILES string of the molecule is CC/C=C\C/C=C\C/C=C\C/C=C\C/C=C\C/C=C\C/C=C\CCCCCCCCCCCC(=O)OCC(COC(=O)CCCCCCCCCCCC)OC(=O)CCCCCCCCC/C=C\C/C=C\C/C=C\CC. The summed E-state index contributed by atoms with van der Waals surface area (Å²) in [6.45, 7) is 6.40. The third-order valence-electron chi connectivity index (χ3n) is 13.2. The summed E-state index contributed by atoms with van der Waals surface area (Å²) in [5.41, 5.74) is 0. The Hall–Kier alpha value is -4.19. The molecule has 1 unspecified atom stereocenters. The molecule has 0 aromatic heterocycles. The Bertz CT molecular complexity index is 1590. The van der Waals surface area contributed by atoms with Gasteiger partial charge in [0.25, 0.3) is 0 Å². The Morgan fingerprint density at radius 2 is 0.513 bits per heavy atom. The van der Waals surface area contributed by atoms with Gasteiger partial charge < -0.3 is 14.2 Å². The fraction of sp³-hybridized carbons (Fsp3) is 0.671. The van der Waals surface area contributed by atoms with Crippen molar-refractivity contribution in [3.05, 3.63) is 122 Å². The smallest absolute Gasteiger partial charge is 0.306 e. The van der Waals surface area contributed by atoms with Gasteiger partial charge in [-0.15, -0.1) is 0 Å². The molecule has 0 saturated heterocycles. The molecule has 1 atom stereocenters. The van der Waals surface area contributed by atoms with Crippen LogP contribution in [-0.2, 0) is 28.6 Å². The summed E-state index contributed by atoms with van der Waals surface area (Å²) in [5, 5.41) is 0. The van der Waals surface area contributed by atoms with Crippen LogP contribution in [0.2, 0.25) is 0 Å². The van der Waals surface area contributed by atoms with Gasteiger partial charge in [-0.05, 0) is 109 Å². The molecule has 0 rings (SSSR count). The van der Waals surface area contributed by atoms with E-state index < -0.39 is 6.10 Å². The summed E-state index contributed by atoms with van der Waals surface area (Å²) < 4.78 is 16.9. The second kappa shape index (κ2) is 63.3. The standard InChI is InChI=1S/C70H116O6/c1-4-7-10-13-16-19-22-24-26-28-29-30-31-32-33-34-35-36-37-38-39-40-41-43-44-46-48-51-54-57-60-63-69(72)75-66-67(65-74-68(71)62-59-56-53-50-21-18-15-12-9-6-3)76-70(73)64-61-58-55-52-49-47-45-42-27-25-23-20-17-14-11-8-5-2/h7-8,10-11,16-17,19-20,24-27,29-30,32-33,35-36,38-39,67H,4-6,9,12-15,18,21-23,28,31,34,37,40-66H2,1-3H3/b10-7-,11-8-,19-16-,20-17-,26-24-,27-25-,30-29-,33-32-,36-35-,39-38-. The van der Waals surface area contributed by atoms with Crippen molar-refractivity contribution in [1.29, 1.82) is 0 Å². The normalized spacial score (nSPS) is 12.9. The van der Waals surface area contributed by atoms with Gasteiger partial charge in [0.05, 0.1) is 0 Å². The van der Waals surface area contributed by atoms with Gasteiger partial charge in [0.2, 0.25) is 0 Å². The fourth-order valence-electron chi connectivity index (χ4n) is 8.56. The number of unbranched alkanes of at least 4 members (excludes halogenated alkanes) is 25. The van der Waals surface area contributed by atoms with Crippen LogP contribution in [-0.4, -0.2) is 37.2 Å². The van der Waals surface area contributed by atoms with Crippen LogP contribution in [0.1, 0.15) is 284 Å². The van der Waals surface area contributed by atoms with Crippen LogP contribution in [0, 0.1) is 0 Å². The zero-order valence-corrected chi connectivity index (χ0v) is 49.5. The molecule has 432 valence electrons. The molecule has 0 fully saturated rings. The first-order valence-corrected chi connectivity index (χ1v) is 31.5. The summed E-state index contributed by atoms with van der Waals surface area (Å²) >= 11 is 0. The highest BCUT2D eigenvalue weighted by Gasteiger charge is 2.19. The highest BCUT2D eigenvalue weighted by Crippen LogP contribution is 2.15. The van der Waals surface area contributed by atoms with Gasteiger partial charge in [-0.1, -0.05) is 277 Å². The van der Waals surface area contributed by atoms with Crippen molar-refractivity contribution in [2.45, 2.75) is 290 Å². The molecule has 0 aliphatic heterocycles. The number of carbonyl (C=O) groups is 3. The minimum absolute atomic E-state index is 0.0834. The summed E-state index contributed by atoms with van der Waals surface area (Å²) in [7, 11) is 0. The zero-order valence-electron chi connectivity index (χ0n) is 49.5. The van der Waals surface area contributed by atoms with Crippen LogP contribution >= 0.6 is 0 Å². The van der Waals surface area contributed by atoms with Crippen molar-refractivity contribution in [3.8, 4) is 0 Å². The van der Waals surface area contributed by atoms with Crippen LogP contribution in [0.5, 0.6) is 0 Å². The number of ether oxygens (including phenoxy) is 3. The molecule has 0 aliphatic carbocycles. The van der Waals surface area contributed by atoms with Crippen molar-refractivity contribution < 1.29 is 28.6 Å². The average molecular weight is 1050 g/mol. The van der Waals surface area contributed by atoms with Gasteiger partial charge in [-0.2, -0.15) is 0 Å². The molecule has 0 radical (unpaired) electrons. The molecular weight excluding hydrogens is 937 g/mol. The molecule has 0 spiro atoms. The fourth-order valence-corrected chi connectivity index (χ4v) is 8.56. The van der Waals surface area contributed by atoms with Crippen LogP contribution in [0.15, 0.2) is 122 Å². The van der Waals surface area contributed by atoms with Crippen molar-refractivity contribution in [2.24, 2.45) is 0 Å². The van der Waals surface area contributed by atoms with E-state index in [1.165, 1.54) is 109 Å². The van der Waals surface area contributed by atoms with Gasteiger partial charge in [0.1, 0.15) is 13.2 Å². The predicted octanol–water partition coefficient (Wildman–Crippen LogP) is 21.6. The van der Waals surface area contributed by atoms with Crippen molar-refractivity contribution in [3.63, 3.8) is 0 Å². The molecule has 0 aromatic rings. The summed E-state index contributed by atoms with van der Waals surface area (Å²) in [4.78, 5) is 38.2. The minimum Gasteiger partial charge on any atom is -0.462 e. The highest BCUT2D eigenvalue weighted by atomic mass is 16.6. The Balaban J connectivity index is 4.24. The molecule has 0 amide bonds. The maximum atomic E-state index is 12.9. The lowest BCUT2D eigenvalue weighted by Gasteiger charge is -2.18. The number of esters is 3. The minimum atomic E-state index is -0.787. The average Bonchev–Trinajstić information content (AvgIpc) is 3.42. The first-order valence-electron chi connectivity index (χ1n) is 31.5. The molecule has 76 heavy (non-hydrogen) atoms. The Morgan fingerprint density at radius 3 is 0.803 bits per heavy atom. The molecule has 0 N–H and O–H groups in total. The van der Waals surface area contributed by atoms with Gasteiger partial charge >= 0.3 is 17.9 Å². The molecule has 0 bridgehead atoms. The number of hydrogen-bond acceptors (Lipinski definition) is 6. The Morgan fingerprint density at radius 1 is 0.276 bits per heavy atom. The lowest BCUT2D eigenvalue weighted by atomic mass is 10.1. The van der Waals surface area contributed by atoms with Crippen LogP contribution < -0.4 is 0 Å². The molecular formula is C70H116O6. The largest absolute Gasteiger partial charge is 0.462 e. The van der Waals surface area contributed by atoms with Gasteiger partial charge in [-0.3, -0.25) is 14.4 Å². The number of carbonyl (C=O) groups excluding carboxylic acids is 3. The monoisotopic (exact) mass is 1050 g/mol. The van der Waals surface area contributed by atoms with Crippen LogP contribution in [0.4, 0.5) is 0 Å². The maximum Gasteiger partial charge on any atom is 0.306 e. The summed E-state index contributed by atoms with van der Waals surface area (Å²) in [5.74, 6) is -0.898. The number of allylic oxidation sites excluding steroid dienone is 20. The second-order valence-corrected chi connectivity index (χ2v) is 20.6. The molecule has 0 saturated carbocycles. The van der Waals surface area contributed by atoms with Crippen LogP contribution in [0.3, 0.4) is 0 Å². The first kappa shape index (κ1) is 71.8. The van der Waals surface area contributed by atoms with Crippen molar-refractivity contribution in [2.75, 3.05) is 13.2 Å². The molecule has 0 aromatic carbocycles. The molecule has 6 nitrogen and oxygen atoms in total. The number of hydrogen-bond donors (Lipinski definition) is 0. The van der Waals surface area contributed by atoms with E-state index in [2.05, 4.69) is 142 Å². The van der Waals surface area contributed by atoms with E-state index in [0.29, 0.717) is 19.3 Å². The Kier molecular flexibility index (Phi) is 59.9. The van der Waals surface area contributed by atoms with Gasteiger partial charge in [0, 0.05) is 19.3 Å². The van der Waals surface area contributed by atoms with Gasteiger partial charge in [-0.25, -0.2) is 0 Å². The van der Waals surface area contributed by atoms with E-state index in [-0.39, 0.29) is 31.1 Å². The first-order chi connectivity index (χ1) is 37.5. The van der Waals surface area contributed by atoms with Crippen LogP contribution in [0.25, 0.3) is 0 Å². The molecule has 0 aliphatic rings. The number of rotatable bonds is 56. The lowest BCUT2D eigenvalue weighted by molar-refractivity contribution is -0.167. The van der Waals surface area contributed by atoms with E-state index in [1.54, 1.807) is 0 Å². The quantitative estimate of drug-likeness (QED) is 0.0261. The molecule has 6 heteroatoms. The maximum absolute atomic E-state index is 12.9. The van der Waals surface area contributed by atoms with Crippen molar-refractivity contribution in [1.82, 2.24) is 0 Å². The third-order valence-corrected chi connectivity index (χ3v) is 13.2. The van der Waals surface area contributed by atoms with E-state index in [4.69, 9.17) is 14.2 Å². The second-order valence-electron chi connectivity index (χ2n) is 20.6.